The molecular weight excluding hydrogens is 474 g/mol. The number of rotatable bonds is 7. The SMILES string of the molecule is CCOC(=O)c1c(NC(=O)CN2C(=O)c3ccc([N+](=O)[O-])cc3C2=O)sc(C)c1-c1ccccc1. The third kappa shape index (κ3) is 4.41. The fourth-order valence-electron chi connectivity index (χ4n) is 3.83. The first-order chi connectivity index (χ1) is 16.7. The van der Waals surface area contributed by atoms with E-state index in [1.54, 1.807) is 6.92 Å². The fraction of sp³-hybridized carbons (Fsp3) is 0.167. The summed E-state index contributed by atoms with van der Waals surface area (Å²) in [7, 11) is 0. The van der Waals surface area contributed by atoms with E-state index in [0.717, 1.165) is 22.6 Å². The van der Waals surface area contributed by atoms with Gasteiger partial charge < -0.3 is 10.1 Å². The molecule has 0 aliphatic carbocycles. The molecule has 1 N–H and O–H groups in total. The van der Waals surface area contributed by atoms with E-state index < -0.39 is 35.2 Å². The second kappa shape index (κ2) is 9.47. The Labute approximate surface area is 203 Å². The number of nitro benzene ring substituents is 1. The van der Waals surface area contributed by atoms with Crippen molar-refractivity contribution in [2.45, 2.75) is 13.8 Å². The number of anilines is 1. The molecule has 178 valence electrons. The lowest BCUT2D eigenvalue weighted by Crippen LogP contribution is -2.37. The number of nitrogens with zero attached hydrogens (tertiary/aromatic N) is 2. The Balaban J connectivity index is 1.61. The highest BCUT2D eigenvalue weighted by molar-refractivity contribution is 7.17. The number of hydrogen-bond acceptors (Lipinski definition) is 8. The van der Waals surface area contributed by atoms with E-state index in [4.69, 9.17) is 4.74 Å². The summed E-state index contributed by atoms with van der Waals surface area (Å²) in [6.45, 7) is 2.99. The first-order valence-corrected chi connectivity index (χ1v) is 11.3. The van der Waals surface area contributed by atoms with Crippen molar-refractivity contribution in [2.75, 3.05) is 18.5 Å². The van der Waals surface area contributed by atoms with Gasteiger partial charge in [0.05, 0.1) is 22.7 Å². The zero-order chi connectivity index (χ0) is 25.3. The van der Waals surface area contributed by atoms with E-state index in [-0.39, 0.29) is 34.0 Å². The summed E-state index contributed by atoms with van der Waals surface area (Å²) in [6.07, 6.45) is 0. The van der Waals surface area contributed by atoms with E-state index in [9.17, 15) is 29.3 Å². The van der Waals surface area contributed by atoms with Crippen LogP contribution >= 0.6 is 11.3 Å². The molecule has 0 bridgehead atoms. The molecule has 1 aliphatic heterocycles. The van der Waals surface area contributed by atoms with Crippen LogP contribution in [0.4, 0.5) is 10.7 Å². The second-order valence-electron chi connectivity index (χ2n) is 7.56. The van der Waals surface area contributed by atoms with E-state index >= 15 is 0 Å². The molecular formula is C24H19N3O7S. The third-order valence-electron chi connectivity index (χ3n) is 5.35. The van der Waals surface area contributed by atoms with Crippen molar-refractivity contribution < 1.29 is 28.8 Å². The van der Waals surface area contributed by atoms with Crippen LogP contribution in [0.25, 0.3) is 11.1 Å². The van der Waals surface area contributed by atoms with Crippen LogP contribution in [0, 0.1) is 17.0 Å². The Morgan fingerprint density at radius 3 is 2.43 bits per heavy atom. The van der Waals surface area contributed by atoms with Crippen LogP contribution in [-0.2, 0) is 9.53 Å². The number of hydrogen-bond donors (Lipinski definition) is 1. The molecule has 1 aromatic heterocycles. The van der Waals surface area contributed by atoms with Crippen molar-refractivity contribution >= 4 is 45.7 Å². The number of ether oxygens (including phenoxy) is 1. The van der Waals surface area contributed by atoms with Crippen LogP contribution in [-0.4, -0.2) is 46.7 Å². The molecule has 0 saturated heterocycles. The minimum atomic E-state index is -0.804. The number of thiophene rings is 1. The highest BCUT2D eigenvalue weighted by Crippen LogP contribution is 2.40. The first kappa shape index (κ1) is 23.8. The largest absolute Gasteiger partial charge is 0.462 e. The summed E-state index contributed by atoms with van der Waals surface area (Å²) in [6, 6.07) is 12.5. The topological polar surface area (TPSA) is 136 Å². The van der Waals surface area contributed by atoms with Crippen molar-refractivity contribution in [3.63, 3.8) is 0 Å². The first-order valence-electron chi connectivity index (χ1n) is 10.5. The van der Waals surface area contributed by atoms with Gasteiger partial charge >= 0.3 is 5.97 Å². The van der Waals surface area contributed by atoms with Gasteiger partial charge in [0.1, 0.15) is 17.1 Å². The molecule has 3 amide bonds. The van der Waals surface area contributed by atoms with Crippen LogP contribution < -0.4 is 5.32 Å². The zero-order valence-corrected chi connectivity index (χ0v) is 19.5. The number of esters is 1. The van der Waals surface area contributed by atoms with Gasteiger partial charge in [0.2, 0.25) is 5.91 Å². The van der Waals surface area contributed by atoms with Gasteiger partial charge in [0, 0.05) is 22.6 Å². The Morgan fingerprint density at radius 1 is 1.09 bits per heavy atom. The molecule has 2 aromatic carbocycles. The van der Waals surface area contributed by atoms with Gasteiger partial charge in [-0.15, -0.1) is 11.3 Å². The summed E-state index contributed by atoms with van der Waals surface area (Å²) in [4.78, 5) is 62.9. The fourth-order valence-corrected chi connectivity index (χ4v) is 4.91. The number of carbonyl (C=O) groups excluding carboxylic acids is 4. The lowest BCUT2D eigenvalue weighted by molar-refractivity contribution is -0.384. The second-order valence-corrected chi connectivity index (χ2v) is 8.78. The molecule has 35 heavy (non-hydrogen) atoms. The average molecular weight is 493 g/mol. The number of carbonyl (C=O) groups is 4. The normalized spacial score (nSPS) is 12.5. The van der Waals surface area contributed by atoms with Crippen LogP contribution in [0.5, 0.6) is 0 Å². The molecule has 10 nitrogen and oxygen atoms in total. The molecule has 0 atom stereocenters. The number of amides is 3. The van der Waals surface area contributed by atoms with Gasteiger partial charge in [-0.1, -0.05) is 30.3 Å². The number of imide groups is 1. The summed E-state index contributed by atoms with van der Waals surface area (Å²) < 4.78 is 5.21. The minimum absolute atomic E-state index is 0.0149. The van der Waals surface area contributed by atoms with Crippen LogP contribution in [0.3, 0.4) is 0 Å². The Hall–Kier alpha value is -4.38. The number of non-ortho nitro benzene ring substituents is 1. The highest BCUT2D eigenvalue weighted by atomic mass is 32.1. The van der Waals surface area contributed by atoms with E-state index in [1.165, 1.54) is 17.4 Å². The molecule has 3 aromatic rings. The van der Waals surface area contributed by atoms with E-state index in [0.29, 0.717) is 10.5 Å². The predicted molar refractivity (Wildman–Crippen MR) is 128 cm³/mol. The Kier molecular flexibility index (Phi) is 6.43. The van der Waals surface area contributed by atoms with Gasteiger partial charge in [-0.2, -0.15) is 0 Å². The zero-order valence-electron chi connectivity index (χ0n) is 18.7. The molecule has 0 fully saturated rings. The maximum Gasteiger partial charge on any atom is 0.341 e. The molecule has 0 saturated carbocycles. The average Bonchev–Trinajstić information content (AvgIpc) is 3.28. The standard InChI is InChI=1S/C24H19N3O7S/c1-3-34-24(31)20-19(14-7-5-4-6-8-14)13(2)35-21(20)25-18(28)12-26-22(29)16-10-9-15(27(32)33)11-17(16)23(26)30/h4-11H,3,12H2,1-2H3,(H,25,28). The van der Waals surface area contributed by atoms with Crippen molar-refractivity contribution in [3.05, 3.63) is 80.2 Å². The number of benzene rings is 2. The number of aryl methyl sites for hydroxylation is 1. The highest BCUT2D eigenvalue weighted by Gasteiger charge is 2.38. The predicted octanol–water partition coefficient (Wildman–Crippen LogP) is 4.04. The molecule has 2 heterocycles. The van der Waals surface area contributed by atoms with Gasteiger partial charge in [0.25, 0.3) is 17.5 Å². The van der Waals surface area contributed by atoms with Crippen LogP contribution in [0.1, 0.15) is 42.9 Å². The van der Waals surface area contributed by atoms with Gasteiger partial charge in [-0.05, 0) is 25.5 Å². The minimum Gasteiger partial charge on any atom is -0.462 e. The number of nitro groups is 1. The van der Waals surface area contributed by atoms with Crippen LogP contribution in [0.2, 0.25) is 0 Å². The van der Waals surface area contributed by atoms with Crippen molar-refractivity contribution in [1.29, 1.82) is 0 Å². The maximum atomic E-state index is 12.9. The molecule has 4 rings (SSSR count). The Bertz CT molecular complexity index is 1380. The Morgan fingerprint density at radius 2 is 1.77 bits per heavy atom. The molecule has 0 spiro atoms. The molecule has 0 radical (unpaired) electrons. The monoisotopic (exact) mass is 493 g/mol. The van der Waals surface area contributed by atoms with Crippen molar-refractivity contribution in [3.8, 4) is 11.1 Å². The van der Waals surface area contributed by atoms with Gasteiger partial charge in [-0.25, -0.2) is 4.79 Å². The summed E-state index contributed by atoms with van der Waals surface area (Å²) in [5.74, 6) is -2.85. The lowest BCUT2D eigenvalue weighted by Gasteiger charge is -2.14. The van der Waals surface area contributed by atoms with E-state index in [2.05, 4.69) is 5.32 Å². The summed E-state index contributed by atoms with van der Waals surface area (Å²) in [5, 5.41) is 13.9. The molecule has 11 heteroatoms. The smallest absolute Gasteiger partial charge is 0.341 e. The lowest BCUT2D eigenvalue weighted by atomic mass is 10.0. The third-order valence-corrected chi connectivity index (χ3v) is 6.37. The van der Waals surface area contributed by atoms with Gasteiger partial charge in [-0.3, -0.25) is 29.4 Å². The van der Waals surface area contributed by atoms with Crippen molar-refractivity contribution in [1.82, 2.24) is 4.90 Å². The van der Waals surface area contributed by atoms with E-state index in [1.807, 2.05) is 37.3 Å². The van der Waals surface area contributed by atoms with Gasteiger partial charge in [0.15, 0.2) is 0 Å². The van der Waals surface area contributed by atoms with Crippen molar-refractivity contribution in [2.24, 2.45) is 0 Å². The summed E-state index contributed by atoms with van der Waals surface area (Å²) >= 11 is 1.17. The molecule has 0 unspecified atom stereocenters. The number of fused-ring (bicyclic) bond motifs is 1. The number of nitrogens with one attached hydrogen (secondary N) is 1. The summed E-state index contributed by atoms with van der Waals surface area (Å²) in [5.41, 5.74) is 1.09. The quantitative estimate of drug-likeness (QED) is 0.227. The molecule has 1 aliphatic rings. The maximum absolute atomic E-state index is 12.9. The van der Waals surface area contributed by atoms with Crippen LogP contribution in [0.15, 0.2) is 48.5 Å².